The summed E-state index contributed by atoms with van der Waals surface area (Å²) in [6.45, 7) is 1.40. The Morgan fingerprint density at radius 3 is 2.52 bits per heavy atom. The fourth-order valence-electron chi connectivity index (χ4n) is 3.66. The van der Waals surface area contributed by atoms with E-state index in [0.717, 1.165) is 5.69 Å². The van der Waals surface area contributed by atoms with Crippen LogP contribution >= 0.6 is 22.9 Å². The third-order valence-corrected chi connectivity index (χ3v) is 8.20. The number of halogens is 1. The number of benzene rings is 1. The Kier molecular flexibility index (Phi) is 5.54. The Labute approximate surface area is 178 Å². The van der Waals surface area contributed by atoms with Crippen LogP contribution in [0.15, 0.2) is 36.4 Å². The van der Waals surface area contributed by atoms with E-state index in [2.05, 4.69) is 5.32 Å². The lowest BCUT2D eigenvalue weighted by Crippen LogP contribution is -2.31. The van der Waals surface area contributed by atoms with Gasteiger partial charge in [0.2, 0.25) is 15.9 Å². The molecule has 3 heterocycles. The van der Waals surface area contributed by atoms with Crippen LogP contribution in [0.2, 0.25) is 4.34 Å². The van der Waals surface area contributed by atoms with E-state index >= 15 is 0 Å². The molecule has 0 bridgehead atoms. The molecule has 0 spiro atoms. The number of amides is 2. The normalized spacial score (nSPS) is 21.0. The fourth-order valence-corrected chi connectivity index (χ4v) is 6.18. The molecule has 1 aromatic heterocycles. The van der Waals surface area contributed by atoms with Crippen molar-refractivity contribution in [2.24, 2.45) is 5.92 Å². The number of sulfonamides is 1. The summed E-state index contributed by atoms with van der Waals surface area (Å²) in [5.41, 5.74) is 1.35. The Balaban J connectivity index is 1.37. The van der Waals surface area contributed by atoms with Crippen molar-refractivity contribution in [2.75, 3.05) is 34.6 Å². The number of nitrogens with one attached hydrogen (secondary N) is 1. The number of anilines is 2. The summed E-state index contributed by atoms with van der Waals surface area (Å²) in [5, 5.41) is 2.86. The first-order valence-corrected chi connectivity index (χ1v) is 12.1. The highest BCUT2D eigenvalue weighted by atomic mass is 35.5. The molecule has 1 aromatic carbocycles. The average Bonchev–Trinajstić information content (AvgIpc) is 3.38. The molecule has 1 N–H and O–H groups in total. The van der Waals surface area contributed by atoms with Gasteiger partial charge in [-0.15, -0.1) is 11.3 Å². The van der Waals surface area contributed by atoms with E-state index < -0.39 is 10.0 Å². The molecule has 0 radical (unpaired) electrons. The van der Waals surface area contributed by atoms with Gasteiger partial charge in [-0.25, -0.2) is 8.42 Å². The van der Waals surface area contributed by atoms with Gasteiger partial charge in [-0.1, -0.05) is 11.6 Å². The summed E-state index contributed by atoms with van der Waals surface area (Å²) < 4.78 is 26.1. The first-order valence-electron chi connectivity index (χ1n) is 9.28. The second-order valence-electron chi connectivity index (χ2n) is 7.15. The third-order valence-electron chi connectivity index (χ3n) is 5.10. The van der Waals surface area contributed by atoms with Gasteiger partial charge in [0.25, 0.3) is 5.91 Å². The van der Waals surface area contributed by atoms with E-state index in [1.54, 1.807) is 41.3 Å². The highest BCUT2D eigenvalue weighted by Gasteiger charge is 2.32. The molecular formula is C19H20ClN3O4S2. The van der Waals surface area contributed by atoms with Crippen LogP contribution in [-0.4, -0.2) is 45.6 Å². The van der Waals surface area contributed by atoms with Gasteiger partial charge in [0.15, 0.2) is 0 Å². The molecule has 1 unspecified atom stereocenters. The van der Waals surface area contributed by atoms with Crippen LogP contribution in [0.1, 0.15) is 22.5 Å². The van der Waals surface area contributed by atoms with Crippen LogP contribution in [-0.2, 0) is 14.8 Å². The second-order valence-corrected chi connectivity index (χ2v) is 10.9. The molecule has 154 valence electrons. The monoisotopic (exact) mass is 453 g/mol. The van der Waals surface area contributed by atoms with Gasteiger partial charge in [-0.3, -0.25) is 13.9 Å². The van der Waals surface area contributed by atoms with Gasteiger partial charge in [0.1, 0.15) is 0 Å². The number of hydrogen-bond donors (Lipinski definition) is 1. The third kappa shape index (κ3) is 4.26. The second kappa shape index (κ2) is 7.97. The summed E-state index contributed by atoms with van der Waals surface area (Å²) in [6.07, 6.45) is 0.980. The lowest BCUT2D eigenvalue weighted by atomic mass is 10.1. The smallest absolute Gasteiger partial charge is 0.261 e. The van der Waals surface area contributed by atoms with E-state index in [0.29, 0.717) is 47.4 Å². The molecule has 4 rings (SSSR count). The minimum absolute atomic E-state index is 0.00930. The Morgan fingerprint density at radius 2 is 1.90 bits per heavy atom. The van der Waals surface area contributed by atoms with Gasteiger partial charge < -0.3 is 10.2 Å². The predicted molar refractivity (Wildman–Crippen MR) is 114 cm³/mol. The minimum Gasteiger partial charge on any atom is -0.351 e. The maximum atomic E-state index is 12.4. The summed E-state index contributed by atoms with van der Waals surface area (Å²) >= 11 is 7.07. The number of thiophene rings is 1. The zero-order chi connectivity index (χ0) is 20.6. The summed E-state index contributed by atoms with van der Waals surface area (Å²) in [4.78, 5) is 26.8. The van der Waals surface area contributed by atoms with Crippen molar-refractivity contribution in [3.8, 4) is 0 Å². The van der Waals surface area contributed by atoms with Crippen LogP contribution in [0.3, 0.4) is 0 Å². The maximum absolute atomic E-state index is 12.4. The van der Waals surface area contributed by atoms with Crippen LogP contribution < -0.4 is 14.5 Å². The van der Waals surface area contributed by atoms with E-state index in [9.17, 15) is 18.0 Å². The summed E-state index contributed by atoms with van der Waals surface area (Å²) in [7, 11) is -3.22. The highest BCUT2D eigenvalue weighted by molar-refractivity contribution is 7.93. The van der Waals surface area contributed by atoms with Crippen molar-refractivity contribution in [3.05, 3.63) is 45.6 Å². The van der Waals surface area contributed by atoms with Gasteiger partial charge in [-0.2, -0.15) is 0 Å². The molecule has 10 heteroatoms. The quantitative estimate of drug-likeness (QED) is 0.754. The van der Waals surface area contributed by atoms with E-state index in [1.165, 1.54) is 15.6 Å². The van der Waals surface area contributed by atoms with Crippen LogP contribution in [0.5, 0.6) is 0 Å². The Morgan fingerprint density at radius 1 is 1.17 bits per heavy atom. The molecule has 0 saturated carbocycles. The summed E-state index contributed by atoms with van der Waals surface area (Å²) in [5.74, 6) is -0.0146. The van der Waals surface area contributed by atoms with Crippen molar-refractivity contribution in [1.82, 2.24) is 5.32 Å². The highest BCUT2D eigenvalue weighted by Crippen LogP contribution is 2.29. The molecule has 0 aliphatic carbocycles. The van der Waals surface area contributed by atoms with Crippen LogP contribution in [0.25, 0.3) is 0 Å². The number of hydrogen-bond acceptors (Lipinski definition) is 5. The Hall–Kier alpha value is -2.10. The van der Waals surface area contributed by atoms with Crippen molar-refractivity contribution in [3.63, 3.8) is 0 Å². The van der Waals surface area contributed by atoms with Gasteiger partial charge in [0.05, 0.1) is 20.7 Å². The molecule has 1 atom stereocenters. The zero-order valence-electron chi connectivity index (χ0n) is 15.5. The molecule has 7 nitrogen and oxygen atoms in total. The lowest BCUT2D eigenvalue weighted by molar-refractivity contribution is -0.117. The SMILES string of the molecule is O=C(NCC1CC(=O)N(c2ccc(N3CCCS3(=O)=O)cc2)C1)c1ccc(Cl)s1. The Bertz CT molecular complexity index is 1040. The van der Waals surface area contributed by atoms with Gasteiger partial charge >= 0.3 is 0 Å². The number of rotatable bonds is 5. The van der Waals surface area contributed by atoms with Crippen LogP contribution in [0, 0.1) is 5.92 Å². The van der Waals surface area contributed by atoms with Crippen molar-refractivity contribution in [2.45, 2.75) is 12.8 Å². The standard InChI is InChI=1S/C19H20ClN3O4S2/c20-17-7-6-16(28-17)19(25)21-11-13-10-18(24)22(12-13)14-2-4-15(5-3-14)23-8-1-9-29(23,26)27/h2-7,13H,1,8-12H2,(H,21,25). The van der Waals surface area contributed by atoms with Crippen molar-refractivity contribution in [1.29, 1.82) is 0 Å². The number of carbonyl (C=O) groups excluding carboxylic acids is 2. The molecule has 2 aliphatic rings. The molecule has 2 aliphatic heterocycles. The molecular weight excluding hydrogens is 434 g/mol. The largest absolute Gasteiger partial charge is 0.351 e. The van der Waals surface area contributed by atoms with E-state index in [1.807, 2.05) is 0 Å². The molecule has 2 aromatic rings. The van der Waals surface area contributed by atoms with Gasteiger partial charge in [0, 0.05) is 37.7 Å². The van der Waals surface area contributed by atoms with Gasteiger partial charge in [-0.05, 0) is 42.8 Å². The number of carbonyl (C=O) groups is 2. The number of nitrogens with zero attached hydrogens (tertiary/aromatic N) is 2. The van der Waals surface area contributed by atoms with E-state index in [4.69, 9.17) is 11.6 Å². The zero-order valence-corrected chi connectivity index (χ0v) is 17.9. The first-order chi connectivity index (χ1) is 13.8. The molecule has 2 fully saturated rings. The first kappa shape index (κ1) is 20.2. The predicted octanol–water partition coefficient (Wildman–Crippen LogP) is 2.72. The lowest BCUT2D eigenvalue weighted by Gasteiger charge is -2.20. The van der Waals surface area contributed by atoms with Crippen molar-refractivity contribution >= 4 is 56.2 Å². The molecule has 2 amide bonds. The maximum Gasteiger partial charge on any atom is 0.261 e. The average molecular weight is 454 g/mol. The van der Waals surface area contributed by atoms with E-state index in [-0.39, 0.29) is 23.5 Å². The molecule has 29 heavy (non-hydrogen) atoms. The topological polar surface area (TPSA) is 86.8 Å². The summed E-state index contributed by atoms with van der Waals surface area (Å²) in [6, 6.07) is 10.4. The minimum atomic E-state index is -3.22. The van der Waals surface area contributed by atoms with Crippen LogP contribution in [0.4, 0.5) is 11.4 Å². The van der Waals surface area contributed by atoms with Crippen molar-refractivity contribution < 1.29 is 18.0 Å². The molecule has 2 saturated heterocycles. The fraction of sp³-hybridized carbons (Fsp3) is 0.368.